The summed E-state index contributed by atoms with van der Waals surface area (Å²) in [5.74, 6) is -0.863. The van der Waals surface area contributed by atoms with Gasteiger partial charge >= 0.3 is 6.18 Å². The Hall–Kier alpha value is -3.65. The third kappa shape index (κ3) is 5.74. The number of thiophene rings is 1. The maximum atomic E-state index is 13.5. The molecule has 0 N–H and O–H groups in total. The lowest BCUT2D eigenvalue weighted by molar-refractivity contribution is -0.137. The Kier molecular flexibility index (Phi) is 7.70. The van der Waals surface area contributed by atoms with Gasteiger partial charge in [0, 0.05) is 27.4 Å². The van der Waals surface area contributed by atoms with Crippen LogP contribution in [0.4, 0.5) is 13.2 Å². The van der Waals surface area contributed by atoms with E-state index in [1.54, 1.807) is 6.08 Å². The average Bonchev–Trinajstić information content (AvgIpc) is 3.58. The van der Waals surface area contributed by atoms with Crippen LogP contribution in [0.25, 0.3) is 32.4 Å². The van der Waals surface area contributed by atoms with E-state index in [2.05, 4.69) is 59.7 Å². The number of aromatic nitrogens is 1. The van der Waals surface area contributed by atoms with Gasteiger partial charge in [-0.3, -0.25) is 9.59 Å². The van der Waals surface area contributed by atoms with Crippen LogP contribution in [-0.4, -0.2) is 16.1 Å². The van der Waals surface area contributed by atoms with Crippen molar-refractivity contribution in [2.45, 2.75) is 58.5 Å². The summed E-state index contributed by atoms with van der Waals surface area (Å²) in [6.07, 6.45) is -2.82. The number of hydrogen-bond donors (Lipinski definition) is 0. The largest absolute Gasteiger partial charge is 0.416 e. The van der Waals surface area contributed by atoms with Gasteiger partial charge in [0.25, 0.3) is 0 Å². The van der Waals surface area contributed by atoms with Crippen molar-refractivity contribution in [1.82, 2.24) is 4.57 Å². The van der Waals surface area contributed by atoms with Crippen molar-refractivity contribution < 1.29 is 22.8 Å². The van der Waals surface area contributed by atoms with Crippen molar-refractivity contribution in [3.05, 3.63) is 116 Å². The first-order chi connectivity index (χ1) is 21.3. The molecule has 9 heteroatoms. The molecule has 0 saturated carbocycles. The van der Waals surface area contributed by atoms with Gasteiger partial charge in [0.05, 0.1) is 31.4 Å². The zero-order valence-electron chi connectivity index (χ0n) is 26.0. The number of allylic oxidation sites excluding steroid dienone is 1. The molecule has 236 valence electrons. The minimum atomic E-state index is -4.42. The summed E-state index contributed by atoms with van der Waals surface area (Å²) in [5, 5.41) is 0.382. The lowest BCUT2D eigenvalue weighted by Gasteiger charge is -2.27. The smallest absolute Gasteiger partial charge is 0.309 e. The first-order valence-corrected chi connectivity index (χ1v) is 16.2. The molecule has 0 spiro atoms. The Morgan fingerprint density at radius 3 is 1.70 bits per heavy atom. The van der Waals surface area contributed by atoms with Crippen molar-refractivity contribution in [2.75, 3.05) is 0 Å². The Balaban J connectivity index is 1.58. The number of carbonyl (C=O) groups is 2. The van der Waals surface area contributed by atoms with E-state index >= 15 is 0 Å². The molecule has 46 heavy (non-hydrogen) atoms. The minimum absolute atomic E-state index is 0.00530. The molecule has 2 heterocycles. The molecule has 0 fully saturated rings. The van der Waals surface area contributed by atoms with Crippen molar-refractivity contribution in [3.8, 4) is 16.1 Å². The summed E-state index contributed by atoms with van der Waals surface area (Å²) in [7, 11) is 0. The third-order valence-corrected chi connectivity index (χ3v) is 10.1. The van der Waals surface area contributed by atoms with E-state index in [-0.39, 0.29) is 37.6 Å². The molecule has 0 amide bonds. The molecule has 1 aliphatic rings. The zero-order chi connectivity index (χ0) is 33.5. The van der Waals surface area contributed by atoms with Gasteiger partial charge in [0.1, 0.15) is 0 Å². The standard InChI is InChI=1S/C37H30Cl2F3NO2S/c1-35(2,3)21-11-22(36(4,5)6)13-23(12-21)43-24(14-27-33(44)25-16-28(38)29(39)17-26(25)34(27)45)15-32-30(43)18-31(46-32)19-7-9-20(10-8-19)37(40,41)42/h7-18H,1-6H3. The van der Waals surface area contributed by atoms with Crippen LogP contribution in [0.1, 0.15) is 84.6 Å². The van der Waals surface area contributed by atoms with Gasteiger partial charge < -0.3 is 4.57 Å². The topological polar surface area (TPSA) is 39.1 Å². The summed E-state index contributed by atoms with van der Waals surface area (Å²) >= 11 is 13.8. The molecule has 3 nitrogen and oxygen atoms in total. The molecule has 0 bridgehead atoms. The molecular formula is C37H30Cl2F3NO2S. The quantitative estimate of drug-likeness (QED) is 0.141. The second-order valence-corrected chi connectivity index (χ2v) is 15.5. The fraction of sp³-hybridized carbons (Fsp3) is 0.243. The van der Waals surface area contributed by atoms with Crippen LogP contribution >= 0.6 is 34.5 Å². The van der Waals surface area contributed by atoms with E-state index in [9.17, 15) is 22.8 Å². The maximum Gasteiger partial charge on any atom is 0.416 e. The Labute approximate surface area is 279 Å². The molecule has 3 aromatic carbocycles. The molecule has 0 saturated heterocycles. The van der Waals surface area contributed by atoms with E-state index in [0.29, 0.717) is 11.3 Å². The highest BCUT2D eigenvalue weighted by Crippen LogP contribution is 2.41. The zero-order valence-corrected chi connectivity index (χ0v) is 28.3. The average molecular weight is 681 g/mol. The van der Waals surface area contributed by atoms with E-state index < -0.39 is 23.3 Å². The van der Waals surface area contributed by atoms with Gasteiger partial charge in [0.2, 0.25) is 0 Å². The Morgan fingerprint density at radius 1 is 0.696 bits per heavy atom. The molecule has 2 aromatic heterocycles. The summed E-state index contributed by atoms with van der Waals surface area (Å²) < 4.78 is 42.6. The third-order valence-electron chi connectivity index (χ3n) is 8.25. The number of fused-ring (bicyclic) bond motifs is 2. The molecule has 0 atom stereocenters. The second kappa shape index (κ2) is 11.0. The van der Waals surface area contributed by atoms with Crippen molar-refractivity contribution >= 4 is 62.4 Å². The number of hydrogen-bond acceptors (Lipinski definition) is 3. The van der Waals surface area contributed by atoms with Crippen molar-refractivity contribution in [3.63, 3.8) is 0 Å². The highest BCUT2D eigenvalue weighted by atomic mass is 35.5. The first-order valence-electron chi connectivity index (χ1n) is 14.6. The second-order valence-electron chi connectivity index (χ2n) is 13.6. The number of halogens is 5. The van der Waals surface area contributed by atoms with E-state index in [0.717, 1.165) is 44.0 Å². The highest BCUT2D eigenvalue weighted by molar-refractivity contribution is 7.22. The fourth-order valence-corrected chi connectivity index (χ4v) is 7.00. The fourth-order valence-electron chi connectivity index (χ4n) is 5.57. The van der Waals surface area contributed by atoms with Crippen LogP contribution in [0.5, 0.6) is 0 Å². The number of rotatable bonds is 3. The summed E-state index contributed by atoms with van der Waals surface area (Å²) in [5.41, 5.74) is 4.49. The lowest BCUT2D eigenvalue weighted by Crippen LogP contribution is -2.17. The molecule has 6 rings (SSSR count). The number of alkyl halides is 3. The SMILES string of the molecule is CC(C)(C)c1cc(-n2c(C=C3C(=O)c4cc(Cl)c(Cl)cc4C3=O)cc3sc(-c4ccc(C(F)(F)F)cc4)cc32)cc(C(C)(C)C)c1. The van der Waals surface area contributed by atoms with Crippen LogP contribution in [0.3, 0.4) is 0 Å². The molecule has 0 radical (unpaired) electrons. The molecule has 0 unspecified atom stereocenters. The maximum absolute atomic E-state index is 13.5. The van der Waals surface area contributed by atoms with Crippen LogP contribution < -0.4 is 0 Å². The number of benzene rings is 3. The van der Waals surface area contributed by atoms with E-state index in [4.69, 9.17) is 23.2 Å². The number of ketones is 2. The predicted molar refractivity (Wildman–Crippen MR) is 182 cm³/mol. The van der Waals surface area contributed by atoms with Gasteiger partial charge in [-0.1, -0.05) is 82.9 Å². The van der Waals surface area contributed by atoms with Crippen LogP contribution in [0.15, 0.2) is 72.3 Å². The van der Waals surface area contributed by atoms with Crippen LogP contribution in [0, 0.1) is 0 Å². The van der Waals surface area contributed by atoms with Gasteiger partial charge in [-0.05, 0) is 82.1 Å². The molecular weight excluding hydrogens is 650 g/mol. The Bertz CT molecular complexity index is 2030. The van der Waals surface area contributed by atoms with Gasteiger partial charge in [-0.2, -0.15) is 13.2 Å². The van der Waals surface area contributed by atoms with Crippen LogP contribution in [0.2, 0.25) is 10.0 Å². The van der Waals surface area contributed by atoms with Crippen molar-refractivity contribution in [2.24, 2.45) is 0 Å². The molecule has 0 aliphatic heterocycles. The summed E-state index contributed by atoms with van der Waals surface area (Å²) in [6, 6.07) is 18.2. The van der Waals surface area contributed by atoms with Crippen LogP contribution in [-0.2, 0) is 17.0 Å². The van der Waals surface area contributed by atoms with E-state index in [1.165, 1.54) is 35.6 Å². The predicted octanol–water partition coefficient (Wildman–Crippen LogP) is 11.7. The number of Topliss-reactive ketones (excluding diaryl/α,β-unsaturated/α-hetero) is 2. The van der Waals surface area contributed by atoms with Crippen molar-refractivity contribution in [1.29, 1.82) is 0 Å². The first kappa shape index (κ1) is 32.3. The highest BCUT2D eigenvalue weighted by Gasteiger charge is 2.35. The van der Waals surface area contributed by atoms with E-state index in [1.807, 2.05) is 16.7 Å². The molecule has 1 aliphatic carbocycles. The Morgan fingerprint density at radius 2 is 1.22 bits per heavy atom. The lowest BCUT2D eigenvalue weighted by atomic mass is 9.80. The van der Waals surface area contributed by atoms with Gasteiger partial charge in [-0.15, -0.1) is 11.3 Å². The summed E-state index contributed by atoms with van der Waals surface area (Å²) in [4.78, 5) is 27.8. The monoisotopic (exact) mass is 679 g/mol. The molecule has 5 aromatic rings. The van der Waals surface area contributed by atoms with Gasteiger partial charge in [-0.25, -0.2) is 0 Å². The number of carbonyl (C=O) groups excluding carboxylic acids is 2. The minimum Gasteiger partial charge on any atom is -0.309 e. The number of nitrogens with zero attached hydrogens (tertiary/aromatic N) is 1. The van der Waals surface area contributed by atoms with Gasteiger partial charge in [0.15, 0.2) is 11.6 Å². The normalized spacial score (nSPS) is 14.0. The summed E-state index contributed by atoms with van der Waals surface area (Å²) in [6.45, 7) is 12.9.